The van der Waals surface area contributed by atoms with Crippen LogP contribution in [0.2, 0.25) is 0 Å². The molecule has 5 heteroatoms. The van der Waals surface area contributed by atoms with E-state index < -0.39 is 0 Å². The van der Waals surface area contributed by atoms with Crippen LogP contribution in [0.5, 0.6) is 17.2 Å². The van der Waals surface area contributed by atoms with Crippen LogP contribution >= 0.6 is 0 Å². The Morgan fingerprint density at radius 1 is 1.12 bits per heavy atom. The number of carbonyl (C=O) groups excluding carboxylic acids is 1. The summed E-state index contributed by atoms with van der Waals surface area (Å²) in [5.74, 6) is 1.67. The van der Waals surface area contributed by atoms with E-state index in [1.54, 1.807) is 39.5 Å². The highest BCUT2D eigenvalue weighted by atomic mass is 16.5. The molecular weight excluding hydrogens is 330 g/mol. The molecule has 2 rings (SSSR count). The van der Waals surface area contributed by atoms with Crippen LogP contribution in [0.25, 0.3) is 0 Å². The van der Waals surface area contributed by atoms with E-state index >= 15 is 0 Å². The molecule has 0 saturated carbocycles. The Kier molecular flexibility index (Phi) is 6.67. The zero-order valence-corrected chi connectivity index (χ0v) is 15.7. The number of nitrogens with one attached hydrogen (secondary N) is 1. The Morgan fingerprint density at radius 2 is 1.81 bits per heavy atom. The maximum Gasteiger partial charge on any atom is 0.251 e. The summed E-state index contributed by atoms with van der Waals surface area (Å²) in [7, 11) is 4.74. The van der Waals surface area contributed by atoms with Gasteiger partial charge in [-0.05, 0) is 31.5 Å². The first-order valence-corrected chi connectivity index (χ1v) is 8.35. The number of amides is 1. The van der Waals surface area contributed by atoms with Crippen molar-refractivity contribution in [1.29, 1.82) is 0 Å². The summed E-state index contributed by atoms with van der Waals surface area (Å²) in [5, 5.41) is 3.00. The van der Waals surface area contributed by atoms with Gasteiger partial charge in [-0.15, -0.1) is 6.58 Å². The maximum absolute atomic E-state index is 12.8. The molecule has 0 aromatic heterocycles. The van der Waals surface area contributed by atoms with Crippen LogP contribution in [0.15, 0.2) is 49.1 Å². The number of benzene rings is 2. The average Bonchev–Trinajstić information content (AvgIpc) is 2.67. The summed E-state index contributed by atoms with van der Waals surface area (Å²) in [6, 6.07) is 10.9. The van der Waals surface area contributed by atoms with Crippen LogP contribution in [-0.4, -0.2) is 27.2 Å². The van der Waals surface area contributed by atoms with E-state index in [2.05, 4.69) is 11.9 Å². The van der Waals surface area contributed by atoms with Gasteiger partial charge >= 0.3 is 0 Å². The molecule has 0 fully saturated rings. The lowest BCUT2D eigenvalue weighted by Crippen LogP contribution is -2.27. The molecule has 0 saturated heterocycles. The molecule has 1 atom stereocenters. The van der Waals surface area contributed by atoms with Crippen LogP contribution in [0.3, 0.4) is 0 Å². The van der Waals surface area contributed by atoms with Gasteiger partial charge in [0.2, 0.25) is 0 Å². The van der Waals surface area contributed by atoms with Gasteiger partial charge in [0.15, 0.2) is 11.5 Å². The summed E-state index contributed by atoms with van der Waals surface area (Å²) in [5.41, 5.74) is 2.26. The second kappa shape index (κ2) is 8.94. The van der Waals surface area contributed by atoms with Gasteiger partial charge < -0.3 is 19.5 Å². The number of rotatable bonds is 8. The third kappa shape index (κ3) is 4.17. The topological polar surface area (TPSA) is 56.8 Å². The molecule has 1 unspecified atom stereocenters. The molecule has 26 heavy (non-hydrogen) atoms. The number of ether oxygens (including phenoxy) is 3. The lowest BCUT2D eigenvalue weighted by Gasteiger charge is -2.18. The maximum atomic E-state index is 12.8. The highest BCUT2D eigenvalue weighted by Crippen LogP contribution is 2.33. The van der Waals surface area contributed by atoms with Crippen molar-refractivity contribution in [3.8, 4) is 17.2 Å². The van der Waals surface area contributed by atoms with Crippen LogP contribution in [0, 0.1) is 0 Å². The molecule has 0 aliphatic heterocycles. The number of hydrogen-bond donors (Lipinski definition) is 1. The second-order valence-electron chi connectivity index (χ2n) is 5.80. The number of methoxy groups -OCH3 is 3. The molecule has 1 N–H and O–H groups in total. The fourth-order valence-electron chi connectivity index (χ4n) is 2.86. The first kappa shape index (κ1) is 19.4. The normalized spacial score (nSPS) is 11.4. The molecule has 2 aromatic carbocycles. The fourth-order valence-corrected chi connectivity index (χ4v) is 2.86. The Labute approximate surface area is 154 Å². The molecule has 0 bridgehead atoms. The number of hydrogen-bond acceptors (Lipinski definition) is 4. The van der Waals surface area contributed by atoms with Gasteiger partial charge in [-0.3, -0.25) is 4.79 Å². The third-order valence-electron chi connectivity index (χ3n) is 4.14. The minimum Gasteiger partial charge on any atom is -0.496 e. The summed E-state index contributed by atoms with van der Waals surface area (Å²) in [6.07, 6.45) is 2.33. The van der Waals surface area contributed by atoms with Crippen molar-refractivity contribution in [3.05, 3.63) is 65.7 Å². The van der Waals surface area contributed by atoms with Gasteiger partial charge in [0, 0.05) is 16.7 Å². The van der Waals surface area contributed by atoms with Crippen LogP contribution in [-0.2, 0) is 6.42 Å². The highest BCUT2D eigenvalue weighted by molar-refractivity contribution is 5.95. The van der Waals surface area contributed by atoms with Crippen molar-refractivity contribution in [1.82, 2.24) is 5.32 Å². The predicted molar refractivity (Wildman–Crippen MR) is 102 cm³/mol. The van der Waals surface area contributed by atoms with Gasteiger partial charge in [-0.1, -0.05) is 24.3 Å². The molecule has 0 aliphatic rings. The molecule has 138 valence electrons. The third-order valence-corrected chi connectivity index (χ3v) is 4.14. The molecule has 1 amide bonds. The van der Waals surface area contributed by atoms with Gasteiger partial charge in [0.05, 0.1) is 27.4 Å². The minimum absolute atomic E-state index is 0.199. The molecule has 0 radical (unpaired) electrons. The largest absolute Gasteiger partial charge is 0.496 e. The van der Waals surface area contributed by atoms with Gasteiger partial charge in [-0.25, -0.2) is 0 Å². The van der Waals surface area contributed by atoms with Crippen molar-refractivity contribution in [3.63, 3.8) is 0 Å². The Balaban J connectivity index is 2.31. The summed E-state index contributed by atoms with van der Waals surface area (Å²) in [4.78, 5) is 12.8. The van der Waals surface area contributed by atoms with Gasteiger partial charge in [0.1, 0.15) is 5.75 Å². The van der Waals surface area contributed by atoms with Crippen LogP contribution in [0.1, 0.15) is 34.5 Å². The van der Waals surface area contributed by atoms with Crippen molar-refractivity contribution in [2.45, 2.75) is 19.4 Å². The summed E-state index contributed by atoms with van der Waals surface area (Å²) < 4.78 is 16.2. The SMILES string of the molecule is C=CCc1cc(C(=O)NC(C)c2ccccc2OC)cc(OC)c1OC. The van der Waals surface area contributed by atoms with E-state index in [9.17, 15) is 4.79 Å². The monoisotopic (exact) mass is 355 g/mol. The molecule has 2 aromatic rings. The minimum atomic E-state index is -0.213. The quantitative estimate of drug-likeness (QED) is 0.729. The number of carbonyl (C=O) groups is 1. The Hall–Kier alpha value is -2.95. The molecule has 5 nitrogen and oxygen atoms in total. The summed E-state index contributed by atoms with van der Waals surface area (Å²) >= 11 is 0. The van der Waals surface area contributed by atoms with Crippen molar-refractivity contribution < 1.29 is 19.0 Å². The van der Waals surface area contributed by atoms with Crippen molar-refractivity contribution >= 4 is 5.91 Å². The van der Waals surface area contributed by atoms with Crippen LogP contribution < -0.4 is 19.5 Å². The lowest BCUT2D eigenvalue weighted by molar-refractivity contribution is 0.0939. The van der Waals surface area contributed by atoms with E-state index in [4.69, 9.17) is 14.2 Å². The Bertz CT molecular complexity index is 786. The first-order chi connectivity index (χ1) is 12.5. The van der Waals surface area contributed by atoms with Crippen LogP contribution in [0.4, 0.5) is 0 Å². The molecule has 0 spiro atoms. The Morgan fingerprint density at radius 3 is 2.42 bits per heavy atom. The summed E-state index contributed by atoms with van der Waals surface area (Å²) in [6.45, 7) is 5.68. The van der Waals surface area contributed by atoms with Gasteiger partial charge in [0.25, 0.3) is 5.91 Å². The smallest absolute Gasteiger partial charge is 0.251 e. The highest BCUT2D eigenvalue weighted by Gasteiger charge is 2.18. The van der Waals surface area contributed by atoms with Gasteiger partial charge in [-0.2, -0.15) is 0 Å². The van der Waals surface area contributed by atoms with E-state index in [1.807, 2.05) is 31.2 Å². The second-order valence-corrected chi connectivity index (χ2v) is 5.80. The van der Waals surface area contributed by atoms with E-state index in [-0.39, 0.29) is 11.9 Å². The van der Waals surface area contributed by atoms with Crippen molar-refractivity contribution in [2.24, 2.45) is 0 Å². The zero-order chi connectivity index (χ0) is 19.1. The molecule has 0 aliphatic carbocycles. The number of para-hydroxylation sites is 1. The number of allylic oxidation sites excluding steroid dienone is 1. The average molecular weight is 355 g/mol. The molecule has 0 heterocycles. The van der Waals surface area contributed by atoms with Crippen molar-refractivity contribution in [2.75, 3.05) is 21.3 Å². The predicted octanol–water partition coefficient (Wildman–Crippen LogP) is 3.93. The standard InChI is InChI=1S/C21H25NO4/c1-6-9-15-12-16(13-19(25-4)20(15)26-5)21(23)22-14(2)17-10-7-8-11-18(17)24-3/h6-8,10-14H,1,9H2,2-5H3,(H,22,23). The van der Waals surface area contributed by atoms with E-state index in [1.165, 1.54) is 0 Å². The van der Waals surface area contributed by atoms with E-state index in [0.717, 1.165) is 16.9 Å². The first-order valence-electron chi connectivity index (χ1n) is 8.35. The van der Waals surface area contributed by atoms with E-state index in [0.29, 0.717) is 23.5 Å². The lowest BCUT2D eigenvalue weighted by atomic mass is 10.0. The fraction of sp³-hybridized carbons (Fsp3) is 0.286. The molecular formula is C21H25NO4. The zero-order valence-electron chi connectivity index (χ0n) is 15.7.